The highest BCUT2D eigenvalue weighted by Gasteiger charge is 2.26. The van der Waals surface area contributed by atoms with Gasteiger partial charge in [-0.05, 0) is 6.07 Å². The van der Waals surface area contributed by atoms with Gasteiger partial charge in [0.2, 0.25) is 0 Å². The van der Waals surface area contributed by atoms with Gasteiger partial charge >= 0.3 is 12.2 Å². The highest BCUT2D eigenvalue weighted by molar-refractivity contribution is 7.26. The van der Waals surface area contributed by atoms with E-state index in [4.69, 9.17) is 9.47 Å². The van der Waals surface area contributed by atoms with Gasteiger partial charge in [-0.15, -0.1) is 11.3 Å². The molecule has 0 spiro atoms. The fraction of sp³-hybridized carbons (Fsp3) is 0.158. The Hall–Kier alpha value is -3.06. The van der Waals surface area contributed by atoms with Crippen molar-refractivity contribution in [1.82, 2.24) is 0 Å². The highest BCUT2D eigenvalue weighted by Crippen LogP contribution is 2.46. The number of carbonyl (C=O) groups is 2. The number of anilines is 1. The Balaban J connectivity index is 2.06. The van der Waals surface area contributed by atoms with Gasteiger partial charge in [0.05, 0.1) is 24.6 Å². The molecule has 7 heteroatoms. The second-order valence-electron chi connectivity index (χ2n) is 5.65. The van der Waals surface area contributed by atoms with Crippen molar-refractivity contribution in [2.75, 3.05) is 25.7 Å². The second-order valence-corrected chi connectivity index (χ2v) is 6.70. The second kappa shape index (κ2) is 6.34. The summed E-state index contributed by atoms with van der Waals surface area (Å²) in [4.78, 5) is 25.4. The van der Waals surface area contributed by atoms with Crippen LogP contribution >= 0.6 is 11.3 Å². The van der Waals surface area contributed by atoms with Crippen LogP contribution in [-0.4, -0.2) is 33.0 Å². The van der Waals surface area contributed by atoms with Gasteiger partial charge in [-0.3, -0.25) is 4.90 Å². The van der Waals surface area contributed by atoms with E-state index in [0.29, 0.717) is 18.0 Å². The smallest absolute Gasteiger partial charge is 0.452 e. The molecular weight excluding hydrogens is 354 g/mol. The Morgan fingerprint density at radius 1 is 1.15 bits per heavy atom. The molecule has 0 fully saturated rings. The van der Waals surface area contributed by atoms with Crippen molar-refractivity contribution in [2.24, 2.45) is 0 Å². The average molecular weight is 369 g/mol. The van der Waals surface area contributed by atoms with Crippen LogP contribution in [0.1, 0.15) is 5.56 Å². The zero-order valence-corrected chi connectivity index (χ0v) is 15.0. The lowest BCUT2D eigenvalue weighted by molar-refractivity contribution is 0.122. The molecule has 6 nitrogen and oxygen atoms in total. The van der Waals surface area contributed by atoms with Crippen molar-refractivity contribution >= 4 is 55.5 Å². The van der Waals surface area contributed by atoms with Crippen molar-refractivity contribution in [3.8, 4) is 5.75 Å². The van der Waals surface area contributed by atoms with Gasteiger partial charge in [-0.1, -0.05) is 30.4 Å². The predicted octanol–water partition coefficient (Wildman–Crippen LogP) is 4.80. The lowest BCUT2D eigenvalue weighted by Crippen LogP contribution is -2.32. The number of hydrogen-bond acceptors (Lipinski definition) is 6. The van der Waals surface area contributed by atoms with Crippen LogP contribution in [0.4, 0.5) is 15.3 Å². The number of carbonyl (C=O) groups excluding carboxylic acids is 2. The van der Waals surface area contributed by atoms with Gasteiger partial charge in [-0.25, -0.2) is 9.59 Å². The fourth-order valence-electron chi connectivity index (χ4n) is 3.14. The normalized spacial score (nSPS) is 12.9. The molecule has 1 amide bonds. The number of methoxy groups -OCH3 is 2. The largest absolute Gasteiger partial charge is 0.513 e. The van der Waals surface area contributed by atoms with Gasteiger partial charge in [0.15, 0.2) is 5.75 Å². The number of benzene rings is 2. The molecular formula is C19H15NO5S. The predicted molar refractivity (Wildman–Crippen MR) is 101 cm³/mol. The van der Waals surface area contributed by atoms with Gasteiger partial charge in [0.1, 0.15) is 0 Å². The van der Waals surface area contributed by atoms with Crippen LogP contribution in [-0.2, 0) is 9.47 Å². The van der Waals surface area contributed by atoms with E-state index >= 15 is 0 Å². The van der Waals surface area contributed by atoms with Crippen LogP contribution in [0.25, 0.3) is 26.2 Å². The zero-order valence-electron chi connectivity index (χ0n) is 14.1. The monoisotopic (exact) mass is 369 g/mol. The van der Waals surface area contributed by atoms with Gasteiger partial charge in [-0.2, -0.15) is 0 Å². The number of thiophene rings is 1. The van der Waals surface area contributed by atoms with Gasteiger partial charge in [0.25, 0.3) is 0 Å². The summed E-state index contributed by atoms with van der Waals surface area (Å²) in [5.74, 6) is 0.357. The quantitative estimate of drug-likeness (QED) is 0.455. The summed E-state index contributed by atoms with van der Waals surface area (Å²) in [6.07, 6.45) is 2.61. The van der Waals surface area contributed by atoms with Gasteiger partial charge in [0, 0.05) is 33.6 Å². The van der Waals surface area contributed by atoms with Crippen molar-refractivity contribution < 1.29 is 23.8 Å². The molecule has 0 radical (unpaired) electrons. The number of hydrogen-bond donors (Lipinski definition) is 0. The maximum absolute atomic E-state index is 12.2. The first kappa shape index (κ1) is 16.4. The standard InChI is InChI=1S/C19H15NO5S/c1-23-18(21)20-9-5-7-11-13(20)10-14(25-19(22)24-2)17-16(11)12-6-3-4-8-15(12)26-17/h3-8,10H,9H2,1-2H3. The van der Waals surface area contributed by atoms with Crippen molar-refractivity contribution in [1.29, 1.82) is 0 Å². The summed E-state index contributed by atoms with van der Waals surface area (Å²) in [7, 11) is 2.59. The molecule has 0 unspecified atom stereocenters. The third kappa shape index (κ3) is 2.48. The van der Waals surface area contributed by atoms with E-state index < -0.39 is 12.2 Å². The summed E-state index contributed by atoms with van der Waals surface area (Å²) in [6, 6.07) is 9.63. The third-order valence-corrected chi connectivity index (χ3v) is 5.44. The molecule has 0 atom stereocenters. The minimum atomic E-state index is -0.806. The molecule has 26 heavy (non-hydrogen) atoms. The van der Waals surface area contributed by atoms with Crippen LogP contribution in [0.5, 0.6) is 5.75 Å². The summed E-state index contributed by atoms with van der Waals surface area (Å²) in [6.45, 7) is 0.380. The van der Waals surface area contributed by atoms with E-state index in [-0.39, 0.29) is 0 Å². The van der Waals surface area contributed by atoms with E-state index in [9.17, 15) is 9.59 Å². The number of ether oxygens (including phenoxy) is 3. The Morgan fingerprint density at radius 3 is 2.73 bits per heavy atom. The fourth-order valence-corrected chi connectivity index (χ4v) is 4.31. The van der Waals surface area contributed by atoms with Crippen LogP contribution in [0.3, 0.4) is 0 Å². The molecule has 1 aromatic heterocycles. The summed E-state index contributed by atoms with van der Waals surface area (Å²) in [5.41, 5.74) is 1.53. The maximum atomic E-state index is 12.2. The first-order valence-corrected chi connectivity index (χ1v) is 8.71. The molecule has 3 aromatic rings. The molecule has 0 N–H and O–H groups in total. The molecule has 1 aliphatic heterocycles. The SMILES string of the molecule is COC(=O)Oc1cc2c(c3c1sc1ccccc13)C=CCN2C(=O)OC. The topological polar surface area (TPSA) is 65.1 Å². The Bertz CT molecular complexity index is 1070. The molecule has 4 rings (SSSR count). The van der Waals surface area contributed by atoms with E-state index in [1.54, 1.807) is 6.07 Å². The summed E-state index contributed by atoms with van der Waals surface area (Å²) in [5, 5.41) is 1.97. The van der Waals surface area contributed by atoms with E-state index in [0.717, 1.165) is 25.7 Å². The average Bonchev–Trinajstić information content (AvgIpc) is 3.07. The van der Waals surface area contributed by atoms with Crippen LogP contribution in [0.15, 0.2) is 36.4 Å². The third-order valence-electron chi connectivity index (χ3n) is 4.25. The zero-order chi connectivity index (χ0) is 18.3. The molecule has 0 saturated carbocycles. The van der Waals surface area contributed by atoms with Crippen LogP contribution in [0, 0.1) is 0 Å². The Kier molecular flexibility index (Phi) is 4.00. The Morgan fingerprint density at radius 2 is 1.96 bits per heavy atom. The number of amides is 1. The minimum absolute atomic E-state index is 0.357. The number of rotatable bonds is 1. The molecule has 1 aliphatic rings. The summed E-state index contributed by atoms with van der Waals surface area (Å²) < 4.78 is 16.8. The lowest BCUT2D eigenvalue weighted by atomic mass is 10.0. The van der Waals surface area contributed by atoms with Gasteiger partial charge < -0.3 is 14.2 Å². The van der Waals surface area contributed by atoms with Crippen LogP contribution in [0.2, 0.25) is 0 Å². The molecule has 2 aromatic carbocycles. The first-order valence-electron chi connectivity index (χ1n) is 7.90. The van der Waals surface area contributed by atoms with Crippen molar-refractivity contribution in [3.05, 3.63) is 42.0 Å². The van der Waals surface area contributed by atoms with Crippen molar-refractivity contribution in [3.63, 3.8) is 0 Å². The lowest BCUT2D eigenvalue weighted by Gasteiger charge is -2.26. The minimum Gasteiger partial charge on any atom is -0.452 e. The molecule has 0 aliphatic carbocycles. The van der Waals surface area contributed by atoms with E-state index in [1.807, 2.05) is 36.4 Å². The molecule has 2 heterocycles. The first-order chi connectivity index (χ1) is 12.6. The molecule has 0 saturated heterocycles. The van der Waals surface area contributed by atoms with Crippen LogP contribution < -0.4 is 9.64 Å². The Labute approximate surface area is 153 Å². The number of fused-ring (bicyclic) bond motifs is 5. The van der Waals surface area contributed by atoms with E-state index in [1.165, 1.54) is 30.5 Å². The number of nitrogens with zero attached hydrogens (tertiary/aromatic N) is 1. The van der Waals surface area contributed by atoms with Crippen molar-refractivity contribution in [2.45, 2.75) is 0 Å². The molecule has 0 bridgehead atoms. The highest BCUT2D eigenvalue weighted by atomic mass is 32.1. The maximum Gasteiger partial charge on any atom is 0.513 e. The van der Waals surface area contributed by atoms with E-state index in [2.05, 4.69) is 4.74 Å². The summed E-state index contributed by atoms with van der Waals surface area (Å²) >= 11 is 1.53. The molecule has 132 valence electrons.